The van der Waals surface area contributed by atoms with Crippen molar-refractivity contribution in [2.45, 2.75) is 13.3 Å². The first-order chi connectivity index (χ1) is 21.7. The van der Waals surface area contributed by atoms with Crippen LogP contribution in [0.25, 0.3) is 81.7 Å². The molecule has 1 unspecified atom stereocenters. The molecule has 44 heavy (non-hydrogen) atoms. The minimum Gasteiger partial charge on any atom is -0.244 e. The number of rotatable bonds is 3. The first-order valence-electron chi connectivity index (χ1n) is 15.2. The Labute approximate surface area is 260 Å². The molecule has 208 valence electrons. The lowest BCUT2D eigenvalue weighted by Crippen LogP contribution is -2.07. The van der Waals surface area contributed by atoms with Gasteiger partial charge in [-0.1, -0.05) is 134 Å². The molecule has 3 heteroatoms. The fourth-order valence-electron chi connectivity index (χ4n) is 6.88. The number of nitrogens with zero attached hydrogens (tertiary/aromatic N) is 2. The molecule has 8 aromatic rings. The molecule has 0 amide bonds. The van der Waals surface area contributed by atoms with Crippen LogP contribution in [-0.4, -0.2) is 9.97 Å². The standard InChI is InChI=1S/C41H28N2S/c1-25-18-23-31-30-12-5-6-14-33(30)39-40(35(31)24-25)43-38(37(42-39)27-10-3-2-4-11-27)28-21-19-26(20-22-28)29-15-9-16-34-32-13-7-8-17-36(32)44-41(29)34/h2-23,25H,24H2,1H3. The zero-order chi connectivity index (χ0) is 29.2. The monoisotopic (exact) mass is 580 g/mol. The lowest BCUT2D eigenvalue weighted by Gasteiger charge is -2.21. The van der Waals surface area contributed by atoms with Crippen molar-refractivity contribution in [1.82, 2.24) is 9.97 Å². The first-order valence-corrected chi connectivity index (χ1v) is 16.0. The molecule has 0 radical (unpaired) electrons. The average Bonchev–Trinajstić information content (AvgIpc) is 3.47. The summed E-state index contributed by atoms with van der Waals surface area (Å²) in [7, 11) is 0. The second kappa shape index (κ2) is 9.97. The molecule has 9 rings (SSSR count). The van der Waals surface area contributed by atoms with Crippen LogP contribution < -0.4 is 0 Å². The summed E-state index contributed by atoms with van der Waals surface area (Å²) in [4.78, 5) is 11.0. The number of benzene rings is 6. The third kappa shape index (κ3) is 3.93. The Hall–Kier alpha value is -5.12. The molecule has 1 atom stereocenters. The van der Waals surface area contributed by atoms with Gasteiger partial charge in [0, 0.05) is 36.7 Å². The van der Waals surface area contributed by atoms with E-state index < -0.39 is 0 Å². The van der Waals surface area contributed by atoms with E-state index in [0.717, 1.165) is 45.4 Å². The van der Waals surface area contributed by atoms with E-state index >= 15 is 0 Å². The van der Waals surface area contributed by atoms with Gasteiger partial charge in [0.05, 0.1) is 22.4 Å². The minimum absolute atomic E-state index is 0.460. The molecule has 0 N–H and O–H groups in total. The normalized spacial score (nSPS) is 14.5. The Kier molecular flexibility index (Phi) is 5.75. The average molecular weight is 581 g/mol. The maximum atomic E-state index is 5.51. The van der Waals surface area contributed by atoms with Crippen molar-refractivity contribution in [3.63, 3.8) is 0 Å². The van der Waals surface area contributed by atoms with Crippen LogP contribution in [0.1, 0.15) is 18.1 Å². The molecular formula is C41H28N2S. The Morgan fingerprint density at radius 2 is 1.20 bits per heavy atom. The van der Waals surface area contributed by atoms with Gasteiger partial charge in [0.15, 0.2) is 0 Å². The summed E-state index contributed by atoms with van der Waals surface area (Å²) in [5.74, 6) is 0.460. The fraction of sp³-hybridized carbons (Fsp3) is 0.0732. The highest BCUT2D eigenvalue weighted by molar-refractivity contribution is 7.26. The van der Waals surface area contributed by atoms with E-state index in [-0.39, 0.29) is 0 Å². The van der Waals surface area contributed by atoms with Crippen molar-refractivity contribution in [3.05, 3.63) is 139 Å². The van der Waals surface area contributed by atoms with Crippen LogP contribution in [0, 0.1) is 5.92 Å². The van der Waals surface area contributed by atoms with E-state index in [0.29, 0.717) is 5.92 Å². The minimum atomic E-state index is 0.460. The Morgan fingerprint density at radius 3 is 2.02 bits per heavy atom. The summed E-state index contributed by atoms with van der Waals surface area (Å²) in [5, 5.41) is 5.05. The lowest BCUT2D eigenvalue weighted by atomic mass is 9.86. The summed E-state index contributed by atoms with van der Waals surface area (Å²) in [6.45, 7) is 2.28. The largest absolute Gasteiger partial charge is 0.244 e. The molecule has 6 aromatic carbocycles. The molecule has 0 bridgehead atoms. The third-order valence-electron chi connectivity index (χ3n) is 9.02. The number of fused-ring (bicyclic) bond motifs is 9. The van der Waals surface area contributed by atoms with Crippen molar-refractivity contribution >= 4 is 59.4 Å². The molecule has 0 fully saturated rings. The van der Waals surface area contributed by atoms with E-state index in [9.17, 15) is 0 Å². The molecule has 1 aliphatic carbocycles. The number of aromatic nitrogens is 2. The maximum Gasteiger partial charge on any atom is 0.0976 e. The SMILES string of the molecule is CC1C=Cc2c(c3nc(-c4ccc(-c5cccc6c5sc5ccccc56)cc4)c(-c4ccccc4)nc3c3ccccc23)C1. The van der Waals surface area contributed by atoms with Gasteiger partial charge >= 0.3 is 0 Å². The molecule has 0 spiro atoms. The van der Waals surface area contributed by atoms with Gasteiger partial charge in [-0.3, -0.25) is 0 Å². The molecule has 0 saturated carbocycles. The molecular weight excluding hydrogens is 553 g/mol. The lowest BCUT2D eigenvalue weighted by molar-refractivity contribution is 0.721. The van der Waals surface area contributed by atoms with Crippen LogP contribution in [0.15, 0.2) is 127 Å². The number of hydrogen-bond donors (Lipinski definition) is 0. The predicted octanol–water partition coefficient (Wildman–Crippen LogP) is 11.4. The van der Waals surface area contributed by atoms with Gasteiger partial charge in [0.1, 0.15) is 0 Å². The van der Waals surface area contributed by atoms with Crippen LogP contribution in [-0.2, 0) is 6.42 Å². The Morgan fingerprint density at radius 1 is 0.568 bits per heavy atom. The zero-order valence-corrected chi connectivity index (χ0v) is 25.1. The summed E-state index contributed by atoms with van der Waals surface area (Å²) in [6.07, 6.45) is 5.58. The summed E-state index contributed by atoms with van der Waals surface area (Å²) < 4.78 is 2.66. The van der Waals surface area contributed by atoms with Gasteiger partial charge in [-0.05, 0) is 46.0 Å². The van der Waals surface area contributed by atoms with Crippen molar-refractivity contribution in [1.29, 1.82) is 0 Å². The van der Waals surface area contributed by atoms with Gasteiger partial charge in [-0.2, -0.15) is 0 Å². The van der Waals surface area contributed by atoms with Crippen molar-refractivity contribution in [3.8, 4) is 33.6 Å². The quantitative estimate of drug-likeness (QED) is 0.194. The van der Waals surface area contributed by atoms with E-state index in [1.807, 2.05) is 11.3 Å². The van der Waals surface area contributed by atoms with Gasteiger partial charge in [-0.25, -0.2) is 9.97 Å². The van der Waals surface area contributed by atoms with Crippen molar-refractivity contribution in [2.75, 3.05) is 0 Å². The van der Waals surface area contributed by atoms with Gasteiger partial charge in [0.2, 0.25) is 0 Å². The smallest absolute Gasteiger partial charge is 0.0976 e. The molecule has 2 aromatic heterocycles. The number of thiophene rings is 1. The highest BCUT2D eigenvalue weighted by Gasteiger charge is 2.22. The van der Waals surface area contributed by atoms with Crippen molar-refractivity contribution in [2.24, 2.45) is 5.92 Å². The number of allylic oxidation sites excluding steroid dienone is 1. The molecule has 0 aliphatic heterocycles. The molecule has 2 heterocycles. The highest BCUT2D eigenvalue weighted by Crippen LogP contribution is 2.42. The highest BCUT2D eigenvalue weighted by atomic mass is 32.1. The Balaban J connectivity index is 1.27. The summed E-state index contributed by atoms with van der Waals surface area (Å²) >= 11 is 1.87. The summed E-state index contributed by atoms with van der Waals surface area (Å²) in [6, 6.07) is 43.4. The van der Waals surface area contributed by atoms with E-state index in [2.05, 4.69) is 140 Å². The predicted molar refractivity (Wildman–Crippen MR) is 188 cm³/mol. The summed E-state index contributed by atoms with van der Waals surface area (Å²) in [5.41, 5.74) is 11.1. The molecule has 0 saturated heterocycles. The van der Waals surface area contributed by atoms with Crippen LogP contribution in [0.4, 0.5) is 0 Å². The molecule has 2 nitrogen and oxygen atoms in total. The van der Waals surface area contributed by atoms with Gasteiger partial charge < -0.3 is 0 Å². The van der Waals surface area contributed by atoms with Crippen LogP contribution in [0.5, 0.6) is 0 Å². The third-order valence-corrected chi connectivity index (χ3v) is 10.2. The van der Waals surface area contributed by atoms with Crippen molar-refractivity contribution < 1.29 is 0 Å². The van der Waals surface area contributed by atoms with Gasteiger partial charge in [-0.15, -0.1) is 11.3 Å². The van der Waals surface area contributed by atoms with E-state index in [1.165, 1.54) is 47.8 Å². The number of hydrogen-bond acceptors (Lipinski definition) is 3. The topological polar surface area (TPSA) is 25.8 Å². The van der Waals surface area contributed by atoms with Crippen LogP contribution >= 0.6 is 11.3 Å². The van der Waals surface area contributed by atoms with Crippen LogP contribution in [0.3, 0.4) is 0 Å². The van der Waals surface area contributed by atoms with Gasteiger partial charge in [0.25, 0.3) is 0 Å². The van der Waals surface area contributed by atoms with E-state index in [4.69, 9.17) is 9.97 Å². The Bertz CT molecular complexity index is 2420. The second-order valence-corrected chi connectivity index (χ2v) is 12.9. The maximum absolute atomic E-state index is 5.51. The first kappa shape index (κ1) is 25.4. The zero-order valence-electron chi connectivity index (χ0n) is 24.3. The fourth-order valence-corrected chi connectivity index (χ4v) is 8.11. The second-order valence-electron chi connectivity index (χ2n) is 11.8. The van der Waals surface area contributed by atoms with Crippen LogP contribution in [0.2, 0.25) is 0 Å². The molecule has 1 aliphatic rings. The van der Waals surface area contributed by atoms with E-state index in [1.54, 1.807) is 0 Å².